The molecule has 3 rings (SSSR count). The second kappa shape index (κ2) is 7.30. The van der Waals surface area contributed by atoms with Crippen molar-refractivity contribution in [1.82, 2.24) is 39.7 Å². The smallest absolute Gasteiger partial charge is 0.349 e. The van der Waals surface area contributed by atoms with Crippen LogP contribution in [0.15, 0.2) is 0 Å². The highest BCUT2D eigenvalue weighted by Crippen LogP contribution is 2.27. The standard InChI is InChI=1S/C15H17F3N8OS/c1-7-9(4-5-11(27)19-6-10-22-23-14(28)25(10)3)8(2)26-13(20-7)21-12(24-26)15(16,17)18/h4-6H2,1-3H3,(H,19,27)(H,23,28). The van der Waals surface area contributed by atoms with Crippen LogP contribution in [0.4, 0.5) is 13.2 Å². The minimum atomic E-state index is -4.65. The first-order valence-corrected chi connectivity index (χ1v) is 8.65. The maximum Gasteiger partial charge on any atom is 0.453 e. The van der Waals surface area contributed by atoms with Crippen molar-refractivity contribution in [3.63, 3.8) is 0 Å². The second-order valence-corrected chi connectivity index (χ2v) is 6.57. The third-order valence-electron chi connectivity index (χ3n) is 4.32. The van der Waals surface area contributed by atoms with Crippen molar-refractivity contribution in [2.75, 3.05) is 0 Å². The zero-order valence-electron chi connectivity index (χ0n) is 15.3. The Morgan fingerprint density at radius 2 is 2.00 bits per heavy atom. The van der Waals surface area contributed by atoms with Crippen molar-refractivity contribution in [3.8, 4) is 0 Å². The van der Waals surface area contributed by atoms with Crippen LogP contribution in [0.1, 0.15) is 35.0 Å². The largest absolute Gasteiger partial charge is 0.453 e. The van der Waals surface area contributed by atoms with E-state index in [9.17, 15) is 18.0 Å². The number of aromatic nitrogens is 7. The van der Waals surface area contributed by atoms with E-state index in [4.69, 9.17) is 12.2 Å². The minimum absolute atomic E-state index is 0.124. The second-order valence-electron chi connectivity index (χ2n) is 6.19. The van der Waals surface area contributed by atoms with Gasteiger partial charge in [0.05, 0.1) is 6.54 Å². The molecule has 0 aliphatic heterocycles. The molecular weight excluding hydrogens is 397 g/mol. The molecule has 9 nitrogen and oxygen atoms in total. The van der Waals surface area contributed by atoms with Gasteiger partial charge in [-0.3, -0.25) is 9.89 Å². The van der Waals surface area contributed by atoms with E-state index in [1.54, 1.807) is 25.5 Å². The van der Waals surface area contributed by atoms with Gasteiger partial charge in [-0.2, -0.15) is 23.3 Å². The number of aromatic amines is 1. The Labute approximate surface area is 162 Å². The summed E-state index contributed by atoms with van der Waals surface area (Å²) in [5.41, 5.74) is 1.63. The number of fused-ring (bicyclic) bond motifs is 1. The van der Waals surface area contributed by atoms with E-state index in [0.717, 1.165) is 4.52 Å². The maximum absolute atomic E-state index is 12.8. The van der Waals surface area contributed by atoms with Gasteiger partial charge in [0, 0.05) is 24.9 Å². The molecule has 0 radical (unpaired) electrons. The Morgan fingerprint density at radius 3 is 2.61 bits per heavy atom. The molecule has 0 aromatic carbocycles. The predicted octanol–water partition coefficient (Wildman–Crippen LogP) is 1.80. The lowest BCUT2D eigenvalue weighted by Crippen LogP contribution is -2.25. The van der Waals surface area contributed by atoms with Gasteiger partial charge in [0.2, 0.25) is 5.91 Å². The van der Waals surface area contributed by atoms with Crippen LogP contribution in [-0.4, -0.2) is 40.3 Å². The average Bonchev–Trinajstić information content (AvgIpc) is 3.17. The number of hydrogen-bond donors (Lipinski definition) is 2. The van der Waals surface area contributed by atoms with E-state index in [1.807, 2.05) is 0 Å². The fourth-order valence-corrected chi connectivity index (χ4v) is 2.88. The zero-order chi connectivity index (χ0) is 20.6. The number of hydrogen-bond acceptors (Lipinski definition) is 6. The summed E-state index contributed by atoms with van der Waals surface area (Å²) >= 11 is 5.00. The lowest BCUT2D eigenvalue weighted by molar-refractivity contribution is -0.144. The van der Waals surface area contributed by atoms with Crippen molar-refractivity contribution in [3.05, 3.63) is 33.4 Å². The molecule has 0 atom stereocenters. The fourth-order valence-electron chi connectivity index (χ4n) is 2.73. The highest BCUT2D eigenvalue weighted by molar-refractivity contribution is 7.71. The van der Waals surface area contributed by atoms with Gasteiger partial charge < -0.3 is 9.88 Å². The normalized spacial score (nSPS) is 11.9. The Kier molecular flexibility index (Phi) is 5.19. The molecule has 1 amide bonds. The molecule has 13 heteroatoms. The summed E-state index contributed by atoms with van der Waals surface area (Å²) < 4.78 is 41.6. The number of nitrogens with zero attached hydrogens (tertiary/aromatic N) is 6. The van der Waals surface area contributed by atoms with Gasteiger partial charge in [0.15, 0.2) is 10.6 Å². The molecule has 28 heavy (non-hydrogen) atoms. The van der Waals surface area contributed by atoms with Crippen LogP contribution in [0.3, 0.4) is 0 Å². The zero-order valence-corrected chi connectivity index (χ0v) is 16.1. The molecule has 2 N–H and O–H groups in total. The number of carbonyl (C=O) groups is 1. The van der Waals surface area contributed by atoms with Crippen LogP contribution in [0, 0.1) is 18.6 Å². The first kappa shape index (κ1) is 19.9. The van der Waals surface area contributed by atoms with Crippen molar-refractivity contribution in [2.24, 2.45) is 7.05 Å². The minimum Gasteiger partial charge on any atom is -0.349 e. The van der Waals surface area contributed by atoms with Crippen LogP contribution >= 0.6 is 12.2 Å². The Hall–Kier alpha value is -2.83. The molecule has 3 heterocycles. The van der Waals surface area contributed by atoms with Crippen LogP contribution in [-0.2, 0) is 31.0 Å². The Balaban J connectivity index is 1.72. The number of amides is 1. The molecular formula is C15H17F3N8OS. The number of rotatable bonds is 5. The van der Waals surface area contributed by atoms with Gasteiger partial charge in [-0.25, -0.2) is 9.50 Å². The molecule has 0 aliphatic rings. The van der Waals surface area contributed by atoms with Crippen LogP contribution < -0.4 is 5.32 Å². The summed E-state index contributed by atoms with van der Waals surface area (Å²) in [7, 11) is 1.73. The van der Waals surface area contributed by atoms with Crippen LogP contribution in [0.25, 0.3) is 5.78 Å². The van der Waals surface area contributed by atoms with Crippen molar-refractivity contribution in [1.29, 1.82) is 0 Å². The predicted molar refractivity (Wildman–Crippen MR) is 93.8 cm³/mol. The van der Waals surface area contributed by atoms with E-state index in [1.165, 1.54) is 0 Å². The first-order chi connectivity index (χ1) is 13.1. The molecule has 0 aliphatic carbocycles. The molecule has 0 saturated carbocycles. The molecule has 3 aromatic heterocycles. The summed E-state index contributed by atoms with van der Waals surface area (Å²) in [6.07, 6.45) is -4.22. The maximum atomic E-state index is 12.8. The third kappa shape index (κ3) is 3.88. The first-order valence-electron chi connectivity index (χ1n) is 8.25. The fraction of sp³-hybridized carbons (Fsp3) is 0.467. The van der Waals surface area contributed by atoms with E-state index in [-0.39, 0.29) is 24.7 Å². The van der Waals surface area contributed by atoms with Crippen molar-refractivity contribution in [2.45, 2.75) is 39.4 Å². The van der Waals surface area contributed by atoms with Gasteiger partial charge >= 0.3 is 6.18 Å². The van der Waals surface area contributed by atoms with E-state index < -0.39 is 12.0 Å². The lowest BCUT2D eigenvalue weighted by atomic mass is 10.1. The number of carbonyl (C=O) groups excluding carboxylic acids is 1. The third-order valence-corrected chi connectivity index (χ3v) is 4.69. The van der Waals surface area contributed by atoms with Gasteiger partial charge in [0.25, 0.3) is 11.6 Å². The number of aryl methyl sites for hydroxylation is 2. The summed E-state index contributed by atoms with van der Waals surface area (Å²) in [5, 5.41) is 12.8. The van der Waals surface area contributed by atoms with Gasteiger partial charge in [-0.05, 0) is 38.0 Å². The number of H-pyrrole nitrogens is 1. The lowest BCUT2D eigenvalue weighted by Gasteiger charge is -2.10. The van der Waals surface area contributed by atoms with Crippen molar-refractivity contribution >= 4 is 23.9 Å². The average molecular weight is 414 g/mol. The molecule has 0 spiro atoms. The van der Waals surface area contributed by atoms with E-state index >= 15 is 0 Å². The molecule has 150 valence electrons. The highest BCUT2D eigenvalue weighted by Gasteiger charge is 2.36. The summed E-state index contributed by atoms with van der Waals surface area (Å²) in [6, 6.07) is 0. The number of nitrogens with one attached hydrogen (secondary N) is 2. The molecule has 3 aromatic rings. The Bertz CT molecular complexity index is 1100. The summed E-state index contributed by atoms with van der Waals surface area (Å²) in [4.78, 5) is 19.7. The van der Waals surface area contributed by atoms with Gasteiger partial charge in [-0.1, -0.05) is 0 Å². The quantitative estimate of drug-likeness (QED) is 0.617. The number of alkyl halides is 3. The monoisotopic (exact) mass is 414 g/mol. The van der Waals surface area contributed by atoms with Crippen LogP contribution in [0.5, 0.6) is 0 Å². The topological polar surface area (TPSA) is 106 Å². The molecule has 0 fully saturated rings. The van der Waals surface area contributed by atoms with Crippen LogP contribution in [0.2, 0.25) is 0 Å². The van der Waals surface area contributed by atoms with E-state index in [2.05, 4.69) is 30.6 Å². The van der Waals surface area contributed by atoms with Gasteiger partial charge in [0.1, 0.15) is 0 Å². The van der Waals surface area contributed by atoms with Crippen molar-refractivity contribution < 1.29 is 18.0 Å². The summed E-state index contributed by atoms with van der Waals surface area (Å²) in [5.74, 6) is -1.02. The molecule has 0 bridgehead atoms. The SMILES string of the molecule is Cc1nc2nc(C(F)(F)F)nn2c(C)c1CCC(=O)NCc1n[nH]c(=S)n1C. The van der Waals surface area contributed by atoms with Gasteiger partial charge in [-0.15, -0.1) is 5.10 Å². The molecule has 0 unspecified atom stereocenters. The Morgan fingerprint density at radius 1 is 1.29 bits per heavy atom. The molecule has 0 saturated heterocycles. The number of halogens is 3. The van der Waals surface area contributed by atoms with E-state index in [0.29, 0.717) is 34.0 Å². The highest BCUT2D eigenvalue weighted by atomic mass is 32.1. The summed E-state index contributed by atoms with van der Waals surface area (Å²) in [6.45, 7) is 3.49.